The number of carbonyl (C=O) groups excluding carboxylic acids is 1. The molecular weight excluding hydrogens is 312 g/mol. The van der Waals surface area contributed by atoms with Crippen LogP contribution in [0.4, 0.5) is 17.1 Å². The Balaban J connectivity index is 1.80. The van der Waals surface area contributed by atoms with Gasteiger partial charge >= 0.3 is 0 Å². The number of hydrogen-bond donors (Lipinski definition) is 1. The standard InChI is InChI=1S/C20H16N4O/c1-3-15-6-4-7-16(10-15)20(25)23-17-11-19(14-22-12-17)24(2)18-8-5-9-21-13-18/h1,4-14H,2H3,(H,23,25). The van der Waals surface area contributed by atoms with Gasteiger partial charge in [-0.2, -0.15) is 0 Å². The summed E-state index contributed by atoms with van der Waals surface area (Å²) in [6, 6.07) is 12.6. The van der Waals surface area contributed by atoms with Crippen LogP contribution in [0.5, 0.6) is 0 Å². The van der Waals surface area contributed by atoms with Gasteiger partial charge in [0.2, 0.25) is 0 Å². The van der Waals surface area contributed by atoms with Gasteiger partial charge in [-0.15, -0.1) is 6.42 Å². The topological polar surface area (TPSA) is 58.1 Å². The zero-order chi connectivity index (χ0) is 17.6. The summed E-state index contributed by atoms with van der Waals surface area (Å²) in [5.41, 5.74) is 3.53. The van der Waals surface area contributed by atoms with Crippen molar-refractivity contribution in [3.63, 3.8) is 0 Å². The van der Waals surface area contributed by atoms with E-state index in [4.69, 9.17) is 6.42 Å². The molecule has 0 aliphatic rings. The SMILES string of the molecule is C#Cc1cccc(C(=O)Nc2cncc(N(C)c3cccnc3)c2)c1. The van der Waals surface area contributed by atoms with Crippen molar-refractivity contribution < 1.29 is 4.79 Å². The van der Waals surface area contributed by atoms with E-state index in [1.807, 2.05) is 30.1 Å². The van der Waals surface area contributed by atoms with E-state index in [1.54, 1.807) is 49.1 Å². The van der Waals surface area contributed by atoms with Crippen molar-refractivity contribution >= 4 is 23.0 Å². The van der Waals surface area contributed by atoms with Crippen molar-refractivity contribution in [2.75, 3.05) is 17.3 Å². The molecule has 0 aliphatic heterocycles. The number of nitrogens with one attached hydrogen (secondary N) is 1. The Morgan fingerprint density at radius 3 is 2.68 bits per heavy atom. The lowest BCUT2D eigenvalue weighted by Gasteiger charge is -2.19. The van der Waals surface area contributed by atoms with Crippen LogP contribution in [0.3, 0.4) is 0 Å². The molecule has 2 heterocycles. The van der Waals surface area contributed by atoms with Gasteiger partial charge in [-0.25, -0.2) is 0 Å². The van der Waals surface area contributed by atoms with E-state index >= 15 is 0 Å². The van der Waals surface area contributed by atoms with Gasteiger partial charge in [-0.3, -0.25) is 14.8 Å². The van der Waals surface area contributed by atoms with Crippen molar-refractivity contribution in [3.8, 4) is 12.3 Å². The lowest BCUT2D eigenvalue weighted by molar-refractivity contribution is 0.102. The maximum absolute atomic E-state index is 12.4. The first-order valence-electron chi connectivity index (χ1n) is 7.64. The predicted octanol–water partition coefficient (Wildman–Crippen LogP) is 3.48. The summed E-state index contributed by atoms with van der Waals surface area (Å²) in [5, 5.41) is 2.84. The number of nitrogens with zero attached hydrogens (tertiary/aromatic N) is 3. The van der Waals surface area contributed by atoms with Crippen molar-refractivity contribution in [2.45, 2.75) is 0 Å². The molecule has 0 saturated heterocycles. The second-order valence-electron chi connectivity index (χ2n) is 5.38. The Bertz CT molecular complexity index is 932. The quantitative estimate of drug-likeness (QED) is 0.745. The molecule has 1 aromatic carbocycles. The van der Waals surface area contributed by atoms with Gasteiger partial charge < -0.3 is 10.2 Å². The summed E-state index contributed by atoms with van der Waals surface area (Å²) < 4.78 is 0. The molecule has 1 amide bonds. The normalized spacial score (nSPS) is 9.92. The fraction of sp³-hybridized carbons (Fsp3) is 0.0500. The molecular formula is C20H16N4O. The number of rotatable bonds is 4. The first kappa shape index (κ1) is 16.2. The smallest absolute Gasteiger partial charge is 0.255 e. The zero-order valence-electron chi connectivity index (χ0n) is 13.7. The minimum Gasteiger partial charge on any atom is -0.342 e. The molecule has 0 unspecified atom stereocenters. The van der Waals surface area contributed by atoms with Gasteiger partial charge in [-0.05, 0) is 36.4 Å². The third kappa shape index (κ3) is 3.82. The molecule has 122 valence electrons. The molecule has 0 aliphatic carbocycles. The Morgan fingerprint density at radius 2 is 1.92 bits per heavy atom. The van der Waals surface area contributed by atoms with Crippen LogP contribution in [0.25, 0.3) is 0 Å². The summed E-state index contributed by atoms with van der Waals surface area (Å²) in [4.78, 5) is 22.7. The molecule has 0 bridgehead atoms. The van der Waals surface area contributed by atoms with Crippen molar-refractivity contribution in [1.82, 2.24) is 9.97 Å². The number of hydrogen-bond acceptors (Lipinski definition) is 4. The monoisotopic (exact) mass is 328 g/mol. The lowest BCUT2D eigenvalue weighted by atomic mass is 10.1. The third-order valence-electron chi connectivity index (χ3n) is 3.69. The number of anilines is 3. The number of terminal acetylenes is 1. The van der Waals surface area contributed by atoms with Crippen molar-refractivity contribution in [2.24, 2.45) is 0 Å². The summed E-state index contributed by atoms with van der Waals surface area (Å²) in [6.07, 6.45) is 12.2. The maximum Gasteiger partial charge on any atom is 0.255 e. The van der Waals surface area contributed by atoms with E-state index in [-0.39, 0.29) is 5.91 Å². The highest BCUT2D eigenvalue weighted by atomic mass is 16.1. The van der Waals surface area contributed by atoms with E-state index < -0.39 is 0 Å². The van der Waals surface area contributed by atoms with E-state index in [0.29, 0.717) is 16.8 Å². The molecule has 0 atom stereocenters. The van der Waals surface area contributed by atoms with Gasteiger partial charge in [0.1, 0.15) is 0 Å². The van der Waals surface area contributed by atoms with Gasteiger partial charge in [0.05, 0.1) is 35.7 Å². The van der Waals surface area contributed by atoms with E-state index in [0.717, 1.165) is 11.4 Å². The minimum absolute atomic E-state index is 0.236. The summed E-state index contributed by atoms with van der Waals surface area (Å²) in [5.74, 6) is 2.29. The molecule has 0 radical (unpaired) electrons. The summed E-state index contributed by atoms with van der Waals surface area (Å²) >= 11 is 0. The van der Waals surface area contributed by atoms with Crippen molar-refractivity contribution in [1.29, 1.82) is 0 Å². The van der Waals surface area contributed by atoms with E-state index in [2.05, 4.69) is 21.2 Å². The Morgan fingerprint density at radius 1 is 1.08 bits per heavy atom. The first-order valence-corrected chi connectivity index (χ1v) is 7.64. The minimum atomic E-state index is -0.236. The molecule has 0 fully saturated rings. The largest absolute Gasteiger partial charge is 0.342 e. The second-order valence-corrected chi connectivity index (χ2v) is 5.38. The van der Waals surface area contributed by atoms with Crippen LogP contribution in [0.1, 0.15) is 15.9 Å². The molecule has 1 N–H and O–H groups in total. The highest BCUT2D eigenvalue weighted by Crippen LogP contribution is 2.24. The zero-order valence-corrected chi connectivity index (χ0v) is 13.7. The van der Waals surface area contributed by atoms with E-state index in [1.165, 1.54) is 0 Å². The fourth-order valence-corrected chi connectivity index (χ4v) is 2.33. The number of pyridine rings is 2. The van der Waals surface area contributed by atoms with Gasteiger partial charge in [0, 0.05) is 24.4 Å². The average molecular weight is 328 g/mol. The Kier molecular flexibility index (Phi) is 4.72. The number of amides is 1. The molecule has 5 heteroatoms. The molecule has 25 heavy (non-hydrogen) atoms. The first-order chi connectivity index (χ1) is 12.2. The molecule has 2 aromatic heterocycles. The van der Waals surface area contributed by atoms with Gasteiger partial charge in [0.25, 0.3) is 5.91 Å². The fourth-order valence-electron chi connectivity index (χ4n) is 2.33. The van der Waals surface area contributed by atoms with Gasteiger partial charge in [0.15, 0.2) is 0 Å². The van der Waals surface area contributed by atoms with Crippen LogP contribution in [-0.2, 0) is 0 Å². The molecule has 3 rings (SSSR count). The van der Waals surface area contributed by atoms with Crippen LogP contribution in [0, 0.1) is 12.3 Å². The van der Waals surface area contributed by atoms with Crippen LogP contribution in [-0.4, -0.2) is 22.9 Å². The maximum atomic E-state index is 12.4. The lowest BCUT2D eigenvalue weighted by Crippen LogP contribution is -2.14. The van der Waals surface area contributed by atoms with Gasteiger partial charge in [-0.1, -0.05) is 12.0 Å². The van der Waals surface area contributed by atoms with Crippen LogP contribution >= 0.6 is 0 Å². The second kappa shape index (κ2) is 7.28. The predicted molar refractivity (Wildman–Crippen MR) is 98.9 cm³/mol. The molecule has 0 saturated carbocycles. The third-order valence-corrected chi connectivity index (χ3v) is 3.69. The molecule has 3 aromatic rings. The average Bonchev–Trinajstić information content (AvgIpc) is 2.68. The van der Waals surface area contributed by atoms with Crippen LogP contribution in [0.15, 0.2) is 67.3 Å². The summed E-state index contributed by atoms with van der Waals surface area (Å²) in [6.45, 7) is 0. The van der Waals surface area contributed by atoms with Crippen molar-refractivity contribution in [3.05, 3.63) is 78.4 Å². The highest BCUT2D eigenvalue weighted by molar-refractivity contribution is 6.04. The highest BCUT2D eigenvalue weighted by Gasteiger charge is 2.09. The molecule has 5 nitrogen and oxygen atoms in total. The van der Waals surface area contributed by atoms with E-state index in [9.17, 15) is 4.79 Å². The Labute approximate surface area is 146 Å². The molecule has 0 spiro atoms. The summed E-state index contributed by atoms with van der Waals surface area (Å²) in [7, 11) is 1.91. The van der Waals surface area contributed by atoms with Crippen LogP contribution < -0.4 is 10.2 Å². The Hall–Kier alpha value is -3.65. The van der Waals surface area contributed by atoms with Crippen LogP contribution in [0.2, 0.25) is 0 Å². The number of benzene rings is 1. The number of carbonyl (C=O) groups is 1. The number of aromatic nitrogens is 2.